The van der Waals surface area contributed by atoms with Crippen molar-refractivity contribution in [3.8, 4) is 5.75 Å². The molecule has 0 aromatic heterocycles. The zero-order valence-corrected chi connectivity index (χ0v) is 20.2. The lowest BCUT2D eigenvalue weighted by Crippen LogP contribution is -2.42. The highest BCUT2D eigenvalue weighted by molar-refractivity contribution is 14.0. The number of rotatable bonds is 9. The highest BCUT2D eigenvalue weighted by Crippen LogP contribution is 2.47. The molecule has 3 rings (SSSR count). The number of hydrogen-bond acceptors (Lipinski definition) is 3. The SMILES string of the molecule is CCNC(=NCC(=O)NCc1ccc(OC)cc1)NCC1(c2cccc(F)c2)CC1.I. The average molecular weight is 540 g/mol. The molecule has 2 aromatic rings. The molecule has 1 aliphatic rings. The summed E-state index contributed by atoms with van der Waals surface area (Å²) in [4.78, 5) is 16.6. The molecule has 0 heterocycles. The van der Waals surface area contributed by atoms with E-state index in [4.69, 9.17) is 4.74 Å². The van der Waals surface area contributed by atoms with Gasteiger partial charge in [0.15, 0.2) is 5.96 Å². The molecule has 3 N–H and O–H groups in total. The summed E-state index contributed by atoms with van der Waals surface area (Å²) in [6.45, 7) is 3.77. The van der Waals surface area contributed by atoms with E-state index in [0.29, 0.717) is 25.6 Å². The smallest absolute Gasteiger partial charge is 0.242 e. The van der Waals surface area contributed by atoms with Crippen LogP contribution < -0.4 is 20.7 Å². The van der Waals surface area contributed by atoms with Gasteiger partial charge in [0.1, 0.15) is 18.1 Å². The van der Waals surface area contributed by atoms with Gasteiger partial charge in [-0.3, -0.25) is 4.79 Å². The van der Waals surface area contributed by atoms with Gasteiger partial charge in [0.05, 0.1) is 7.11 Å². The Morgan fingerprint density at radius 1 is 1.13 bits per heavy atom. The van der Waals surface area contributed by atoms with Gasteiger partial charge in [-0.15, -0.1) is 24.0 Å². The van der Waals surface area contributed by atoms with E-state index in [1.54, 1.807) is 19.2 Å². The van der Waals surface area contributed by atoms with E-state index in [1.807, 2.05) is 37.3 Å². The van der Waals surface area contributed by atoms with Gasteiger partial charge in [0, 0.05) is 25.0 Å². The first-order chi connectivity index (χ1) is 14.5. The van der Waals surface area contributed by atoms with Crippen molar-refractivity contribution < 1.29 is 13.9 Å². The van der Waals surface area contributed by atoms with Crippen molar-refractivity contribution in [1.29, 1.82) is 0 Å². The third-order valence-corrected chi connectivity index (χ3v) is 5.26. The second kappa shape index (κ2) is 11.9. The van der Waals surface area contributed by atoms with Crippen molar-refractivity contribution in [3.63, 3.8) is 0 Å². The monoisotopic (exact) mass is 540 g/mol. The quantitative estimate of drug-likeness (QED) is 0.259. The zero-order chi connectivity index (χ0) is 21.4. The van der Waals surface area contributed by atoms with Crippen molar-refractivity contribution in [2.75, 3.05) is 26.7 Å². The molecule has 1 saturated carbocycles. The number of aliphatic imine (C=N–C) groups is 1. The molecule has 0 atom stereocenters. The number of amides is 1. The fraction of sp³-hybridized carbons (Fsp3) is 0.391. The van der Waals surface area contributed by atoms with Crippen LogP contribution in [-0.2, 0) is 16.8 Å². The predicted octanol–water partition coefficient (Wildman–Crippen LogP) is 3.36. The van der Waals surface area contributed by atoms with Crippen molar-refractivity contribution in [3.05, 3.63) is 65.5 Å². The van der Waals surface area contributed by atoms with Gasteiger partial charge in [0.25, 0.3) is 0 Å². The van der Waals surface area contributed by atoms with Gasteiger partial charge < -0.3 is 20.7 Å². The lowest BCUT2D eigenvalue weighted by molar-refractivity contribution is -0.119. The van der Waals surface area contributed by atoms with Crippen LogP contribution in [0.2, 0.25) is 0 Å². The highest BCUT2D eigenvalue weighted by Gasteiger charge is 2.44. The van der Waals surface area contributed by atoms with Crippen molar-refractivity contribution in [1.82, 2.24) is 16.0 Å². The number of carbonyl (C=O) groups is 1. The second-order valence-electron chi connectivity index (χ2n) is 7.46. The van der Waals surface area contributed by atoms with E-state index in [2.05, 4.69) is 20.9 Å². The molecule has 0 saturated heterocycles. The van der Waals surface area contributed by atoms with Gasteiger partial charge in [0.2, 0.25) is 5.91 Å². The van der Waals surface area contributed by atoms with Gasteiger partial charge in [-0.05, 0) is 55.2 Å². The maximum absolute atomic E-state index is 13.6. The Bertz CT molecular complexity index is 885. The summed E-state index contributed by atoms with van der Waals surface area (Å²) >= 11 is 0. The largest absolute Gasteiger partial charge is 0.497 e. The number of nitrogens with one attached hydrogen (secondary N) is 3. The first kappa shape index (κ1) is 24.9. The Balaban J connectivity index is 0.00000341. The van der Waals surface area contributed by atoms with Gasteiger partial charge in [-0.1, -0.05) is 24.3 Å². The Morgan fingerprint density at radius 2 is 1.87 bits per heavy atom. The first-order valence-corrected chi connectivity index (χ1v) is 10.2. The number of methoxy groups -OCH3 is 1. The molecule has 1 aliphatic carbocycles. The molecular formula is C23H30FIN4O2. The number of ether oxygens (including phenoxy) is 1. The second-order valence-corrected chi connectivity index (χ2v) is 7.46. The van der Waals surface area contributed by atoms with E-state index in [9.17, 15) is 9.18 Å². The molecule has 0 bridgehead atoms. The molecule has 0 aliphatic heterocycles. The molecule has 1 fully saturated rings. The standard InChI is InChI=1S/C23H29FN4O2.HI/c1-3-25-22(28-16-23(11-12-23)18-5-4-6-19(24)13-18)27-15-21(29)26-14-17-7-9-20(30-2)10-8-17;/h4-10,13H,3,11-12,14-16H2,1-2H3,(H,26,29)(H2,25,27,28);1H. The molecule has 8 heteroatoms. The van der Waals surface area contributed by atoms with Gasteiger partial charge in [-0.25, -0.2) is 9.38 Å². The van der Waals surface area contributed by atoms with Crippen LogP contribution in [0.4, 0.5) is 4.39 Å². The summed E-state index contributed by atoms with van der Waals surface area (Å²) in [6, 6.07) is 14.3. The fourth-order valence-electron chi connectivity index (χ4n) is 3.28. The summed E-state index contributed by atoms with van der Waals surface area (Å²) in [5, 5.41) is 9.33. The number of benzene rings is 2. The maximum atomic E-state index is 13.6. The van der Waals surface area contributed by atoms with Gasteiger partial charge >= 0.3 is 0 Å². The van der Waals surface area contributed by atoms with Crippen LogP contribution in [0, 0.1) is 5.82 Å². The van der Waals surface area contributed by atoms with Crippen molar-refractivity contribution in [2.24, 2.45) is 4.99 Å². The molecule has 0 radical (unpaired) electrons. The molecule has 168 valence electrons. The Morgan fingerprint density at radius 3 is 2.48 bits per heavy atom. The molecular weight excluding hydrogens is 510 g/mol. The summed E-state index contributed by atoms with van der Waals surface area (Å²) < 4.78 is 18.7. The summed E-state index contributed by atoms with van der Waals surface area (Å²) in [5.41, 5.74) is 1.93. The minimum atomic E-state index is -0.215. The normalized spacial score (nSPS) is 14.2. The lowest BCUT2D eigenvalue weighted by atomic mass is 9.96. The van der Waals surface area contributed by atoms with Crippen LogP contribution >= 0.6 is 24.0 Å². The van der Waals surface area contributed by atoms with Crippen LogP contribution in [0.25, 0.3) is 0 Å². The topological polar surface area (TPSA) is 74.8 Å². The number of hydrogen-bond donors (Lipinski definition) is 3. The van der Waals surface area contributed by atoms with Crippen LogP contribution in [0.5, 0.6) is 5.75 Å². The average Bonchev–Trinajstić information content (AvgIpc) is 3.56. The lowest BCUT2D eigenvalue weighted by Gasteiger charge is -2.19. The molecule has 0 unspecified atom stereocenters. The summed E-state index contributed by atoms with van der Waals surface area (Å²) in [6.07, 6.45) is 2.01. The van der Waals surface area contributed by atoms with E-state index < -0.39 is 0 Å². The third kappa shape index (κ3) is 7.37. The van der Waals surface area contributed by atoms with E-state index in [1.165, 1.54) is 6.07 Å². The van der Waals surface area contributed by atoms with Crippen LogP contribution in [0.15, 0.2) is 53.5 Å². The number of carbonyl (C=O) groups excluding carboxylic acids is 1. The maximum Gasteiger partial charge on any atom is 0.242 e. The molecule has 1 amide bonds. The highest BCUT2D eigenvalue weighted by atomic mass is 127. The van der Waals surface area contributed by atoms with Gasteiger partial charge in [-0.2, -0.15) is 0 Å². The summed E-state index contributed by atoms with van der Waals surface area (Å²) in [5.74, 6) is 0.990. The van der Waals surface area contributed by atoms with E-state index >= 15 is 0 Å². The first-order valence-electron chi connectivity index (χ1n) is 10.2. The van der Waals surface area contributed by atoms with Crippen molar-refractivity contribution >= 4 is 35.8 Å². The Kier molecular flexibility index (Phi) is 9.54. The third-order valence-electron chi connectivity index (χ3n) is 5.26. The molecule has 2 aromatic carbocycles. The minimum Gasteiger partial charge on any atom is -0.497 e. The number of halogens is 2. The number of nitrogens with zero attached hydrogens (tertiary/aromatic N) is 1. The van der Waals surface area contributed by atoms with E-state index in [-0.39, 0.29) is 47.7 Å². The van der Waals surface area contributed by atoms with Crippen LogP contribution in [0.3, 0.4) is 0 Å². The minimum absolute atomic E-state index is 0. The Hall–Kier alpha value is -2.36. The van der Waals surface area contributed by atoms with Crippen LogP contribution in [0.1, 0.15) is 30.9 Å². The van der Waals surface area contributed by atoms with Crippen molar-refractivity contribution in [2.45, 2.75) is 31.7 Å². The number of guanidine groups is 1. The van der Waals surface area contributed by atoms with Crippen LogP contribution in [-0.4, -0.2) is 38.6 Å². The Labute approximate surface area is 200 Å². The fourth-order valence-corrected chi connectivity index (χ4v) is 3.28. The molecule has 6 nitrogen and oxygen atoms in total. The molecule has 0 spiro atoms. The summed E-state index contributed by atoms with van der Waals surface area (Å²) in [7, 11) is 1.62. The zero-order valence-electron chi connectivity index (χ0n) is 17.9. The molecule has 31 heavy (non-hydrogen) atoms. The predicted molar refractivity (Wildman–Crippen MR) is 132 cm³/mol. The van der Waals surface area contributed by atoms with E-state index in [0.717, 1.165) is 29.7 Å².